The van der Waals surface area contributed by atoms with Gasteiger partial charge in [0.1, 0.15) is 29.2 Å². The molecule has 4 heteroatoms. The zero-order chi connectivity index (χ0) is 12.1. The molecule has 0 unspecified atom stereocenters. The van der Waals surface area contributed by atoms with Crippen molar-refractivity contribution >= 4 is 0 Å². The Balaban J connectivity index is 0.00000162. The molecule has 18 heavy (non-hydrogen) atoms. The molecular weight excluding hydrogens is 226 g/mol. The first kappa shape index (κ1) is 13.2. The highest BCUT2D eigenvalue weighted by atomic mass is 16.5. The lowest BCUT2D eigenvalue weighted by molar-refractivity contribution is 0.481. The molecule has 0 aliphatic rings. The van der Waals surface area contributed by atoms with Gasteiger partial charge in [-0.2, -0.15) is 10.5 Å². The molecule has 2 rings (SSSR count). The number of hydrogen-bond acceptors (Lipinski definition) is 4. The van der Waals surface area contributed by atoms with Gasteiger partial charge in [0.2, 0.25) is 0 Å². The van der Waals surface area contributed by atoms with Gasteiger partial charge in [0.05, 0.1) is 5.56 Å². The molecule has 0 aromatic heterocycles. The van der Waals surface area contributed by atoms with Crippen LogP contribution in [0.1, 0.15) is 11.1 Å². The number of para-hydroxylation sites is 1. The minimum absolute atomic E-state index is 0. The van der Waals surface area contributed by atoms with Crippen molar-refractivity contribution in [2.75, 3.05) is 0 Å². The second-order valence-corrected chi connectivity index (χ2v) is 3.32. The summed E-state index contributed by atoms with van der Waals surface area (Å²) in [5.74, 6) is 1.04. The molecular formula is C14H11N3O. The SMILES string of the molecule is N.N#Cc1cccc(Oc2ccccc2)c1C#N. The molecule has 0 aliphatic heterocycles. The molecule has 3 N–H and O–H groups in total. The van der Waals surface area contributed by atoms with Gasteiger partial charge in [-0.3, -0.25) is 0 Å². The maximum Gasteiger partial charge on any atom is 0.146 e. The molecule has 2 aromatic rings. The van der Waals surface area contributed by atoms with Crippen molar-refractivity contribution in [3.63, 3.8) is 0 Å². The highest BCUT2D eigenvalue weighted by Crippen LogP contribution is 2.26. The van der Waals surface area contributed by atoms with Crippen LogP contribution in [0.3, 0.4) is 0 Å². The van der Waals surface area contributed by atoms with E-state index in [4.69, 9.17) is 15.3 Å². The minimum Gasteiger partial charge on any atom is -0.456 e. The number of nitrogens with zero attached hydrogens (tertiary/aromatic N) is 2. The van der Waals surface area contributed by atoms with Gasteiger partial charge in [-0.25, -0.2) is 0 Å². The maximum atomic E-state index is 9.03. The van der Waals surface area contributed by atoms with Crippen LogP contribution in [-0.4, -0.2) is 0 Å². The molecule has 0 saturated heterocycles. The van der Waals surface area contributed by atoms with E-state index in [1.165, 1.54) is 0 Å². The fourth-order valence-electron chi connectivity index (χ4n) is 1.44. The Morgan fingerprint density at radius 3 is 2.17 bits per heavy atom. The molecule has 0 radical (unpaired) electrons. The van der Waals surface area contributed by atoms with E-state index in [9.17, 15) is 0 Å². The topological polar surface area (TPSA) is 91.8 Å². The van der Waals surface area contributed by atoms with Gasteiger partial charge < -0.3 is 10.9 Å². The molecule has 88 valence electrons. The van der Waals surface area contributed by atoms with E-state index in [0.29, 0.717) is 17.1 Å². The average Bonchev–Trinajstić information content (AvgIpc) is 2.39. The van der Waals surface area contributed by atoms with Crippen LogP contribution in [0.5, 0.6) is 11.5 Å². The average molecular weight is 237 g/mol. The Morgan fingerprint density at radius 2 is 1.56 bits per heavy atom. The lowest BCUT2D eigenvalue weighted by atomic mass is 10.1. The fourth-order valence-corrected chi connectivity index (χ4v) is 1.44. The summed E-state index contributed by atoms with van der Waals surface area (Å²) in [5, 5.41) is 17.9. The molecule has 2 aromatic carbocycles. The zero-order valence-electron chi connectivity index (χ0n) is 9.63. The monoisotopic (exact) mass is 237 g/mol. The van der Waals surface area contributed by atoms with Crippen LogP contribution < -0.4 is 10.9 Å². The van der Waals surface area contributed by atoms with E-state index >= 15 is 0 Å². The van der Waals surface area contributed by atoms with Gasteiger partial charge >= 0.3 is 0 Å². The van der Waals surface area contributed by atoms with Crippen LogP contribution in [0.4, 0.5) is 0 Å². The highest BCUT2D eigenvalue weighted by Gasteiger charge is 2.09. The van der Waals surface area contributed by atoms with E-state index in [1.54, 1.807) is 30.3 Å². The Kier molecular flexibility index (Phi) is 4.45. The molecule has 4 nitrogen and oxygen atoms in total. The summed E-state index contributed by atoms with van der Waals surface area (Å²) in [6.07, 6.45) is 0. The van der Waals surface area contributed by atoms with Crippen LogP contribution in [0.25, 0.3) is 0 Å². The summed E-state index contributed by atoms with van der Waals surface area (Å²) >= 11 is 0. The molecule has 0 atom stereocenters. The number of benzene rings is 2. The third-order valence-electron chi connectivity index (χ3n) is 2.23. The van der Waals surface area contributed by atoms with E-state index in [-0.39, 0.29) is 11.7 Å². The van der Waals surface area contributed by atoms with Gasteiger partial charge in [0.25, 0.3) is 0 Å². The first-order valence-electron chi connectivity index (χ1n) is 5.01. The summed E-state index contributed by atoms with van der Waals surface area (Å²) in [4.78, 5) is 0. The number of nitriles is 2. The van der Waals surface area contributed by atoms with E-state index in [0.717, 1.165) is 0 Å². The van der Waals surface area contributed by atoms with Crippen LogP contribution in [-0.2, 0) is 0 Å². The Hall–Kier alpha value is -2.82. The fraction of sp³-hybridized carbons (Fsp3) is 0. The van der Waals surface area contributed by atoms with E-state index < -0.39 is 0 Å². The van der Waals surface area contributed by atoms with Crippen LogP contribution in [0.15, 0.2) is 48.5 Å². The molecule has 0 bridgehead atoms. The largest absolute Gasteiger partial charge is 0.456 e. The van der Waals surface area contributed by atoms with Gasteiger partial charge in [0.15, 0.2) is 0 Å². The summed E-state index contributed by atoms with van der Waals surface area (Å²) in [6, 6.07) is 18.1. The van der Waals surface area contributed by atoms with E-state index in [2.05, 4.69) is 0 Å². The minimum atomic E-state index is 0. The van der Waals surface area contributed by atoms with E-state index in [1.807, 2.05) is 30.3 Å². The Morgan fingerprint density at radius 1 is 0.833 bits per heavy atom. The third-order valence-corrected chi connectivity index (χ3v) is 2.23. The zero-order valence-corrected chi connectivity index (χ0v) is 9.63. The summed E-state index contributed by atoms with van der Waals surface area (Å²) in [7, 11) is 0. The van der Waals surface area contributed by atoms with Crippen molar-refractivity contribution in [1.82, 2.24) is 6.15 Å². The number of rotatable bonds is 2. The van der Waals surface area contributed by atoms with Gasteiger partial charge in [0, 0.05) is 0 Å². The highest BCUT2D eigenvalue weighted by molar-refractivity contribution is 5.54. The lowest BCUT2D eigenvalue weighted by Crippen LogP contribution is -1.91. The normalized spacial score (nSPS) is 8.56. The molecule has 0 heterocycles. The predicted octanol–water partition coefficient (Wildman–Crippen LogP) is 3.38. The Bertz CT molecular complexity index is 609. The first-order valence-corrected chi connectivity index (χ1v) is 5.01. The summed E-state index contributed by atoms with van der Waals surface area (Å²) in [5.41, 5.74) is 0.583. The molecule has 0 saturated carbocycles. The van der Waals surface area contributed by atoms with Crippen molar-refractivity contribution in [2.24, 2.45) is 0 Å². The van der Waals surface area contributed by atoms with Crippen molar-refractivity contribution < 1.29 is 4.74 Å². The van der Waals surface area contributed by atoms with Crippen molar-refractivity contribution in [1.29, 1.82) is 10.5 Å². The van der Waals surface area contributed by atoms with Gasteiger partial charge in [-0.1, -0.05) is 24.3 Å². The molecule has 0 spiro atoms. The van der Waals surface area contributed by atoms with Crippen molar-refractivity contribution in [2.45, 2.75) is 0 Å². The summed E-state index contributed by atoms with van der Waals surface area (Å²) < 4.78 is 5.57. The van der Waals surface area contributed by atoms with Gasteiger partial charge in [-0.05, 0) is 24.3 Å². The summed E-state index contributed by atoms with van der Waals surface area (Å²) in [6.45, 7) is 0. The van der Waals surface area contributed by atoms with Crippen LogP contribution in [0, 0.1) is 22.7 Å². The quantitative estimate of drug-likeness (QED) is 0.866. The molecule has 0 amide bonds. The van der Waals surface area contributed by atoms with Crippen LogP contribution in [0.2, 0.25) is 0 Å². The Labute approximate surface area is 105 Å². The lowest BCUT2D eigenvalue weighted by Gasteiger charge is -2.07. The standard InChI is InChI=1S/C14H8N2O.H3N/c15-9-11-5-4-8-14(13(11)10-16)17-12-6-2-1-3-7-12;/h1-8H;1H3. The van der Waals surface area contributed by atoms with Crippen molar-refractivity contribution in [3.05, 3.63) is 59.7 Å². The maximum absolute atomic E-state index is 9.03. The smallest absolute Gasteiger partial charge is 0.146 e. The third kappa shape index (κ3) is 2.65. The van der Waals surface area contributed by atoms with Gasteiger partial charge in [-0.15, -0.1) is 0 Å². The first-order chi connectivity index (χ1) is 8.35. The molecule has 0 fully saturated rings. The predicted molar refractivity (Wildman–Crippen MR) is 67.4 cm³/mol. The second kappa shape index (κ2) is 6.05. The number of ether oxygens (including phenoxy) is 1. The number of hydrogen-bond donors (Lipinski definition) is 1. The van der Waals surface area contributed by atoms with Crippen molar-refractivity contribution in [3.8, 4) is 23.6 Å². The second-order valence-electron chi connectivity index (χ2n) is 3.32. The molecule has 0 aliphatic carbocycles. The van der Waals surface area contributed by atoms with Crippen LogP contribution >= 0.6 is 0 Å².